The van der Waals surface area contributed by atoms with E-state index in [-0.39, 0.29) is 17.9 Å². The van der Waals surface area contributed by atoms with Gasteiger partial charge in [0.25, 0.3) is 5.91 Å². The molecule has 0 aliphatic carbocycles. The molecule has 2 heterocycles. The Hall–Kier alpha value is -2.90. The van der Waals surface area contributed by atoms with E-state index in [2.05, 4.69) is 0 Å². The molecule has 0 aromatic heterocycles. The zero-order chi connectivity index (χ0) is 20.2. The van der Waals surface area contributed by atoms with Crippen LogP contribution in [0, 0.1) is 5.92 Å². The lowest BCUT2D eigenvalue weighted by Crippen LogP contribution is -2.40. The van der Waals surface area contributed by atoms with Gasteiger partial charge in [-0.05, 0) is 30.5 Å². The Morgan fingerprint density at radius 3 is 2.55 bits per heavy atom. The number of nitrogens with one attached hydrogen (secondary N) is 1. The van der Waals surface area contributed by atoms with E-state index in [0.717, 1.165) is 24.0 Å². The molecular formula is C22H24N2O5. The number of carbonyl (C=O) groups excluding carboxylic acids is 2. The molecule has 0 saturated carbocycles. The SMILES string of the molecule is O=C(NO)c1ccc2c(c1)OC(c1ccccc1)CN(C(=O)C1CCOCC1)C2. The van der Waals surface area contributed by atoms with E-state index >= 15 is 0 Å². The van der Waals surface area contributed by atoms with Crippen LogP contribution < -0.4 is 10.2 Å². The van der Waals surface area contributed by atoms with Crippen LogP contribution in [0.2, 0.25) is 0 Å². The lowest BCUT2D eigenvalue weighted by atomic mass is 9.98. The second-order valence-corrected chi connectivity index (χ2v) is 7.39. The van der Waals surface area contributed by atoms with Crippen LogP contribution in [0.3, 0.4) is 0 Å². The first-order valence-corrected chi connectivity index (χ1v) is 9.81. The maximum Gasteiger partial charge on any atom is 0.274 e. The number of ether oxygens (including phenoxy) is 2. The van der Waals surface area contributed by atoms with Crippen molar-refractivity contribution in [1.82, 2.24) is 10.4 Å². The molecule has 1 unspecified atom stereocenters. The van der Waals surface area contributed by atoms with Crippen molar-refractivity contribution in [1.29, 1.82) is 0 Å². The second-order valence-electron chi connectivity index (χ2n) is 7.39. The summed E-state index contributed by atoms with van der Waals surface area (Å²) in [7, 11) is 0. The summed E-state index contributed by atoms with van der Waals surface area (Å²) in [6.07, 6.45) is 1.11. The number of rotatable bonds is 3. The van der Waals surface area contributed by atoms with Gasteiger partial charge in [0.15, 0.2) is 0 Å². The van der Waals surface area contributed by atoms with E-state index in [1.54, 1.807) is 23.7 Å². The maximum atomic E-state index is 13.2. The lowest BCUT2D eigenvalue weighted by Gasteiger charge is -2.30. The highest BCUT2D eigenvalue weighted by Crippen LogP contribution is 2.33. The molecule has 0 bridgehead atoms. The Labute approximate surface area is 169 Å². The summed E-state index contributed by atoms with van der Waals surface area (Å²) in [5, 5.41) is 8.93. The normalized spacial score (nSPS) is 19.6. The highest BCUT2D eigenvalue weighted by atomic mass is 16.5. The zero-order valence-electron chi connectivity index (χ0n) is 16.0. The molecule has 0 spiro atoms. The quantitative estimate of drug-likeness (QED) is 0.615. The molecule has 1 fully saturated rings. The van der Waals surface area contributed by atoms with Gasteiger partial charge in [-0.1, -0.05) is 36.4 Å². The predicted molar refractivity (Wildman–Crippen MR) is 104 cm³/mol. The molecule has 7 nitrogen and oxygen atoms in total. The van der Waals surface area contributed by atoms with Gasteiger partial charge in [0.2, 0.25) is 5.91 Å². The molecule has 152 valence electrons. The molecule has 2 aromatic rings. The van der Waals surface area contributed by atoms with Gasteiger partial charge in [0, 0.05) is 36.8 Å². The average Bonchev–Trinajstić information content (AvgIpc) is 2.98. The molecule has 1 atom stereocenters. The number of amides is 2. The van der Waals surface area contributed by atoms with Gasteiger partial charge in [-0.15, -0.1) is 0 Å². The first-order chi connectivity index (χ1) is 14.2. The van der Waals surface area contributed by atoms with Crippen LogP contribution >= 0.6 is 0 Å². The summed E-state index contributed by atoms with van der Waals surface area (Å²) >= 11 is 0. The Morgan fingerprint density at radius 2 is 1.83 bits per heavy atom. The summed E-state index contributed by atoms with van der Waals surface area (Å²) in [5.41, 5.74) is 3.73. The average molecular weight is 396 g/mol. The summed E-state index contributed by atoms with van der Waals surface area (Å²) < 4.78 is 11.7. The minimum atomic E-state index is -0.605. The second kappa shape index (κ2) is 8.63. The number of nitrogens with zero attached hydrogens (tertiary/aromatic N) is 1. The standard InChI is InChI=1S/C22H24N2O5/c25-21(23-27)17-6-7-18-13-24(22(26)16-8-10-28-11-9-16)14-20(29-19(18)12-17)15-4-2-1-3-5-15/h1-7,12,16,20,27H,8-11,13-14H2,(H,23,25). The smallest absolute Gasteiger partial charge is 0.274 e. The van der Waals surface area contributed by atoms with Gasteiger partial charge in [-0.2, -0.15) is 0 Å². The number of hydrogen-bond acceptors (Lipinski definition) is 5. The van der Waals surface area contributed by atoms with E-state index in [1.165, 1.54) is 0 Å². The molecular weight excluding hydrogens is 372 g/mol. The number of hydroxylamine groups is 1. The fraction of sp³-hybridized carbons (Fsp3) is 0.364. The van der Waals surface area contributed by atoms with Crippen molar-refractivity contribution in [2.75, 3.05) is 19.8 Å². The van der Waals surface area contributed by atoms with Gasteiger partial charge in [0.1, 0.15) is 11.9 Å². The molecule has 4 rings (SSSR count). The summed E-state index contributed by atoms with van der Waals surface area (Å²) in [4.78, 5) is 26.9. The fourth-order valence-corrected chi connectivity index (χ4v) is 3.87. The van der Waals surface area contributed by atoms with Gasteiger partial charge in [-0.25, -0.2) is 5.48 Å². The van der Waals surface area contributed by atoms with E-state index < -0.39 is 5.91 Å². The third-order valence-corrected chi connectivity index (χ3v) is 5.50. The molecule has 2 amide bonds. The van der Waals surface area contributed by atoms with E-state index in [1.807, 2.05) is 35.2 Å². The first kappa shape index (κ1) is 19.4. The highest BCUT2D eigenvalue weighted by molar-refractivity contribution is 5.93. The van der Waals surface area contributed by atoms with Crippen molar-refractivity contribution >= 4 is 11.8 Å². The molecule has 2 aromatic carbocycles. The maximum absolute atomic E-state index is 13.2. The molecule has 0 radical (unpaired) electrons. The molecule has 29 heavy (non-hydrogen) atoms. The molecule has 7 heteroatoms. The summed E-state index contributed by atoms with van der Waals surface area (Å²) in [6.45, 7) is 2.06. The molecule has 2 aliphatic heterocycles. The molecule has 2 aliphatic rings. The largest absolute Gasteiger partial charge is 0.483 e. The van der Waals surface area contributed by atoms with Crippen LogP contribution in [0.15, 0.2) is 48.5 Å². The van der Waals surface area contributed by atoms with Crippen molar-refractivity contribution < 1.29 is 24.3 Å². The minimum Gasteiger partial charge on any atom is -0.483 e. The third kappa shape index (κ3) is 4.26. The predicted octanol–water partition coefficient (Wildman–Crippen LogP) is 2.69. The molecule has 1 saturated heterocycles. The van der Waals surface area contributed by atoms with Gasteiger partial charge in [-0.3, -0.25) is 14.8 Å². The number of hydrogen-bond donors (Lipinski definition) is 2. The first-order valence-electron chi connectivity index (χ1n) is 9.81. The van der Waals surface area contributed by atoms with Gasteiger partial charge >= 0.3 is 0 Å². The highest BCUT2D eigenvalue weighted by Gasteiger charge is 2.32. The number of benzene rings is 2. The van der Waals surface area contributed by atoms with Crippen molar-refractivity contribution in [3.05, 3.63) is 65.2 Å². The van der Waals surface area contributed by atoms with Crippen LogP contribution in [-0.2, 0) is 16.1 Å². The molecule has 2 N–H and O–H groups in total. The zero-order valence-corrected chi connectivity index (χ0v) is 16.0. The van der Waals surface area contributed by atoms with Crippen molar-refractivity contribution in [3.8, 4) is 5.75 Å². The van der Waals surface area contributed by atoms with E-state index in [9.17, 15) is 9.59 Å². The Morgan fingerprint density at radius 1 is 1.07 bits per heavy atom. The van der Waals surface area contributed by atoms with Gasteiger partial charge in [0.05, 0.1) is 6.54 Å². The fourth-order valence-electron chi connectivity index (χ4n) is 3.87. The van der Waals surface area contributed by atoms with Crippen LogP contribution in [-0.4, -0.2) is 41.7 Å². The third-order valence-electron chi connectivity index (χ3n) is 5.50. The van der Waals surface area contributed by atoms with E-state index in [4.69, 9.17) is 14.7 Å². The van der Waals surface area contributed by atoms with Crippen LogP contribution in [0.4, 0.5) is 0 Å². The number of fused-ring (bicyclic) bond motifs is 1. The van der Waals surface area contributed by atoms with Crippen LogP contribution in [0.5, 0.6) is 5.75 Å². The minimum absolute atomic E-state index is 0.0406. The number of carbonyl (C=O) groups is 2. The lowest BCUT2D eigenvalue weighted by molar-refractivity contribution is -0.140. The van der Waals surface area contributed by atoms with Crippen LogP contribution in [0.1, 0.15) is 40.4 Å². The van der Waals surface area contributed by atoms with Crippen molar-refractivity contribution in [2.24, 2.45) is 5.92 Å². The topological polar surface area (TPSA) is 88.1 Å². The monoisotopic (exact) mass is 396 g/mol. The Balaban J connectivity index is 1.67. The Kier molecular flexibility index (Phi) is 5.78. The summed E-state index contributed by atoms with van der Waals surface area (Å²) in [5.74, 6) is 0.0123. The van der Waals surface area contributed by atoms with Gasteiger partial charge < -0.3 is 14.4 Å². The van der Waals surface area contributed by atoms with Crippen molar-refractivity contribution in [3.63, 3.8) is 0 Å². The Bertz CT molecular complexity index is 880. The van der Waals surface area contributed by atoms with Crippen LogP contribution in [0.25, 0.3) is 0 Å². The van der Waals surface area contributed by atoms with Crippen molar-refractivity contribution in [2.45, 2.75) is 25.5 Å². The summed E-state index contributed by atoms with van der Waals surface area (Å²) in [6, 6.07) is 14.7. The van der Waals surface area contributed by atoms with E-state index in [0.29, 0.717) is 37.6 Å².